The molecule has 0 aliphatic rings. The molecule has 29 heavy (non-hydrogen) atoms. The first kappa shape index (κ1) is 20.8. The Kier molecular flexibility index (Phi) is 5.34. The van der Waals surface area contributed by atoms with E-state index in [1.165, 1.54) is 0 Å². The predicted molar refractivity (Wildman–Crippen MR) is 99.9 cm³/mol. The monoisotopic (exact) mass is 406 g/mol. The Morgan fingerprint density at radius 2 is 1.69 bits per heavy atom. The van der Waals surface area contributed by atoms with Gasteiger partial charge >= 0.3 is 12.1 Å². The summed E-state index contributed by atoms with van der Waals surface area (Å²) in [4.78, 5) is 19.9. The molecule has 0 aliphatic heterocycles. The average molecular weight is 406 g/mol. The van der Waals surface area contributed by atoms with Crippen molar-refractivity contribution >= 4 is 11.7 Å². The van der Waals surface area contributed by atoms with E-state index in [2.05, 4.69) is 15.1 Å². The van der Waals surface area contributed by atoms with Crippen LogP contribution in [-0.2, 0) is 17.4 Å². The third-order valence-corrected chi connectivity index (χ3v) is 4.70. The molecule has 0 saturated heterocycles. The quantitative estimate of drug-likeness (QED) is 0.479. The summed E-state index contributed by atoms with van der Waals surface area (Å²) in [7, 11) is 0. The van der Waals surface area contributed by atoms with E-state index in [-0.39, 0.29) is 18.6 Å². The van der Waals surface area contributed by atoms with Crippen LogP contribution < -0.4 is 4.74 Å². The van der Waals surface area contributed by atoms with Crippen molar-refractivity contribution in [1.29, 1.82) is 0 Å². The van der Waals surface area contributed by atoms with Gasteiger partial charge < -0.3 is 4.74 Å². The molecule has 0 radical (unpaired) electrons. The van der Waals surface area contributed by atoms with Gasteiger partial charge in [-0.15, -0.1) is 5.10 Å². The van der Waals surface area contributed by atoms with Crippen molar-refractivity contribution in [3.8, 4) is 5.75 Å². The lowest BCUT2D eigenvalue weighted by molar-refractivity contribution is -0.144. The van der Waals surface area contributed by atoms with Crippen molar-refractivity contribution in [3.63, 3.8) is 0 Å². The highest BCUT2D eigenvalue weighted by molar-refractivity contribution is 5.73. The minimum atomic E-state index is -4.65. The van der Waals surface area contributed by atoms with E-state index < -0.39 is 18.0 Å². The Hall–Kier alpha value is -2.97. The van der Waals surface area contributed by atoms with Crippen LogP contribution in [0.25, 0.3) is 5.78 Å². The molecule has 0 unspecified atom stereocenters. The number of aromatic nitrogens is 4. The first-order chi connectivity index (χ1) is 13.5. The molecule has 2 heterocycles. The van der Waals surface area contributed by atoms with Gasteiger partial charge in [0.2, 0.25) is 0 Å². The molecule has 0 aliphatic carbocycles. The Morgan fingerprint density at radius 3 is 2.28 bits per heavy atom. The Balaban J connectivity index is 1.81. The van der Waals surface area contributed by atoms with Crippen molar-refractivity contribution in [3.05, 3.63) is 51.6 Å². The average Bonchev–Trinajstić information content (AvgIpc) is 3.02. The summed E-state index contributed by atoms with van der Waals surface area (Å²) in [5, 5.41) is 3.51. The fraction of sp³-hybridized carbons (Fsp3) is 0.400. The standard InChI is InChI=1S/C20H21F3N4O2/c1-10-8-11(2)17(12(3)9-10)29-16(28)7-6-15-13(4)24-19-25-18(20(21,22)23)26-27(19)14(15)5/h8-9H,6-7H2,1-5H3. The lowest BCUT2D eigenvalue weighted by atomic mass is 10.1. The fourth-order valence-corrected chi connectivity index (χ4v) is 3.41. The van der Waals surface area contributed by atoms with Gasteiger partial charge in [-0.2, -0.15) is 18.2 Å². The van der Waals surface area contributed by atoms with Gasteiger partial charge in [-0.3, -0.25) is 4.79 Å². The Labute approximate surface area is 165 Å². The molecule has 0 spiro atoms. The maximum atomic E-state index is 12.9. The second kappa shape index (κ2) is 7.46. The van der Waals surface area contributed by atoms with Gasteiger partial charge in [0.25, 0.3) is 11.6 Å². The Morgan fingerprint density at radius 1 is 1.07 bits per heavy atom. The molecule has 9 heteroatoms. The van der Waals surface area contributed by atoms with Gasteiger partial charge in [-0.05, 0) is 57.7 Å². The maximum absolute atomic E-state index is 12.9. The molecular formula is C20H21F3N4O2. The summed E-state index contributed by atoms with van der Waals surface area (Å²) < 4.78 is 45.2. The zero-order chi connectivity index (χ0) is 21.5. The number of fused-ring (bicyclic) bond motifs is 1. The number of halogens is 3. The van der Waals surface area contributed by atoms with Crippen LogP contribution in [0.3, 0.4) is 0 Å². The van der Waals surface area contributed by atoms with Crippen LogP contribution in [0.1, 0.15) is 45.9 Å². The lowest BCUT2D eigenvalue weighted by Crippen LogP contribution is -2.13. The van der Waals surface area contributed by atoms with Crippen LogP contribution in [-0.4, -0.2) is 25.6 Å². The van der Waals surface area contributed by atoms with E-state index >= 15 is 0 Å². The summed E-state index contributed by atoms with van der Waals surface area (Å²) in [6.45, 7) is 9.01. The van der Waals surface area contributed by atoms with E-state index in [9.17, 15) is 18.0 Å². The molecule has 0 N–H and O–H groups in total. The minimum absolute atomic E-state index is 0.0580. The number of nitrogens with zero attached hydrogens (tertiary/aromatic N) is 4. The first-order valence-electron chi connectivity index (χ1n) is 9.06. The molecule has 0 bridgehead atoms. The van der Waals surface area contributed by atoms with E-state index in [1.54, 1.807) is 13.8 Å². The van der Waals surface area contributed by atoms with Crippen molar-refractivity contribution in [1.82, 2.24) is 19.6 Å². The highest BCUT2D eigenvalue weighted by Crippen LogP contribution is 2.28. The van der Waals surface area contributed by atoms with Crippen molar-refractivity contribution in [2.45, 2.75) is 53.6 Å². The molecule has 0 amide bonds. The number of benzene rings is 1. The van der Waals surface area contributed by atoms with Gasteiger partial charge in [0.1, 0.15) is 5.75 Å². The summed E-state index contributed by atoms with van der Waals surface area (Å²) in [5.41, 5.74) is 4.43. The number of carbonyl (C=O) groups excluding carboxylic acids is 1. The summed E-state index contributed by atoms with van der Waals surface area (Å²) >= 11 is 0. The van der Waals surface area contributed by atoms with Crippen LogP contribution in [0, 0.1) is 34.6 Å². The van der Waals surface area contributed by atoms with E-state index in [0.717, 1.165) is 21.2 Å². The first-order valence-corrected chi connectivity index (χ1v) is 9.06. The van der Waals surface area contributed by atoms with Gasteiger partial charge in [0.05, 0.1) is 6.42 Å². The number of hydrogen-bond donors (Lipinski definition) is 0. The van der Waals surface area contributed by atoms with Crippen molar-refractivity contribution in [2.24, 2.45) is 0 Å². The Bertz CT molecular complexity index is 1080. The number of carbonyl (C=O) groups is 1. The molecule has 1 aromatic carbocycles. The number of rotatable bonds is 4. The lowest BCUT2D eigenvalue weighted by Gasteiger charge is -2.13. The van der Waals surface area contributed by atoms with Crippen molar-refractivity contribution in [2.75, 3.05) is 0 Å². The molecule has 2 aromatic heterocycles. The molecule has 0 saturated carbocycles. The predicted octanol–water partition coefficient (Wildman–Crippen LogP) is 4.22. The zero-order valence-electron chi connectivity index (χ0n) is 16.8. The normalized spacial score (nSPS) is 11.9. The molecular weight excluding hydrogens is 385 g/mol. The summed E-state index contributed by atoms with van der Waals surface area (Å²) in [6, 6.07) is 3.87. The molecule has 154 valence electrons. The topological polar surface area (TPSA) is 69.4 Å². The second-order valence-corrected chi connectivity index (χ2v) is 7.11. The van der Waals surface area contributed by atoms with Gasteiger partial charge in [-0.25, -0.2) is 9.50 Å². The van der Waals surface area contributed by atoms with E-state index in [0.29, 0.717) is 22.7 Å². The van der Waals surface area contributed by atoms with E-state index in [4.69, 9.17) is 4.74 Å². The molecule has 0 atom stereocenters. The number of esters is 1. The molecule has 0 fully saturated rings. The third-order valence-electron chi connectivity index (χ3n) is 4.70. The zero-order valence-corrected chi connectivity index (χ0v) is 16.8. The van der Waals surface area contributed by atoms with Crippen LogP contribution in [0.2, 0.25) is 0 Å². The number of aryl methyl sites for hydroxylation is 5. The fourth-order valence-electron chi connectivity index (χ4n) is 3.41. The van der Waals surface area contributed by atoms with E-state index in [1.807, 2.05) is 32.9 Å². The minimum Gasteiger partial charge on any atom is -0.426 e. The van der Waals surface area contributed by atoms with Crippen molar-refractivity contribution < 1.29 is 22.7 Å². The van der Waals surface area contributed by atoms with Gasteiger partial charge in [0, 0.05) is 11.4 Å². The van der Waals surface area contributed by atoms with Crippen LogP contribution in [0.4, 0.5) is 13.2 Å². The number of hydrogen-bond acceptors (Lipinski definition) is 5. The molecule has 6 nitrogen and oxygen atoms in total. The molecule has 3 rings (SSSR count). The summed E-state index contributed by atoms with van der Waals surface area (Å²) in [5.74, 6) is -1.25. The second-order valence-electron chi connectivity index (χ2n) is 7.11. The van der Waals surface area contributed by atoms with Crippen LogP contribution >= 0.6 is 0 Å². The highest BCUT2D eigenvalue weighted by Gasteiger charge is 2.37. The largest absolute Gasteiger partial charge is 0.453 e. The van der Waals surface area contributed by atoms with Gasteiger partial charge in [0.15, 0.2) is 0 Å². The SMILES string of the molecule is Cc1cc(C)c(OC(=O)CCc2c(C)nc3nc(C(F)(F)F)nn3c2C)c(C)c1. The number of alkyl halides is 3. The van der Waals surface area contributed by atoms with Crippen LogP contribution in [0.5, 0.6) is 5.75 Å². The number of ether oxygens (including phenoxy) is 1. The highest BCUT2D eigenvalue weighted by atomic mass is 19.4. The van der Waals surface area contributed by atoms with Gasteiger partial charge in [-0.1, -0.05) is 17.7 Å². The summed E-state index contributed by atoms with van der Waals surface area (Å²) in [6.07, 6.45) is -4.32. The molecule has 3 aromatic rings. The smallest absolute Gasteiger partial charge is 0.426 e. The van der Waals surface area contributed by atoms with Crippen LogP contribution in [0.15, 0.2) is 12.1 Å². The maximum Gasteiger partial charge on any atom is 0.453 e. The third kappa shape index (κ3) is 4.23.